The molecule has 7 rings (SSSR count). The Morgan fingerprint density at radius 3 is 2.18 bits per heavy atom. The van der Waals surface area contributed by atoms with Crippen LogP contribution in [-0.4, -0.2) is 140 Å². The molecule has 2 saturated carbocycles. The topological polar surface area (TPSA) is 224 Å². The van der Waals surface area contributed by atoms with Crippen LogP contribution in [0.1, 0.15) is 104 Å². The lowest BCUT2D eigenvalue weighted by Crippen LogP contribution is -2.82. The fourth-order valence-electron chi connectivity index (χ4n) is 11.5. The van der Waals surface area contributed by atoms with Crippen molar-refractivity contribution in [2.45, 2.75) is 166 Å². The molecular weight excluding hydrogens is 899 g/mol. The van der Waals surface area contributed by atoms with Gasteiger partial charge in [-0.1, -0.05) is 75.8 Å². The summed E-state index contributed by atoms with van der Waals surface area (Å²) in [7, 11) is -1.37. The smallest absolute Gasteiger partial charge is 0.408 e. The first kappa shape index (κ1) is 51.6. The van der Waals surface area contributed by atoms with E-state index in [9.17, 15) is 29.7 Å². The van der Waals surface area contributed by atoms with Crippen molar-refractivity contribution in [3.05, 3.63) is 82.9 Å². The number of alkyl carbamates (subject to hydrolysis) is 1. The van der Waals surface area contributed by atoms with Crippen LogP contribution in [0.2, 0.25) is 6.55 Å². The first-order chi connectivity index (χ1) is 31.8. The summed E-state index contributed by atoms with van der Waals surface area (Å²) >= 11 is 0. The standard InChI is InChI=1S/C50H69NO16Si/c1-27-32(61-43(56)38(67-68-11)36(29-18-14-12-15-19-29)51-44(57)66-45(3,4)5)23-50(58)41(62-42(55)30-20-16-13-17-21-30)39-48(10,40-37(35(27)46(50,6)7)64-47(8,9)65-40)33(59-25-31(54)24-52)22-34-49(39,26-60-34)63-28(2)53/h12-21,31-34,36-41,52,54,58H,22-26,68H2,1-11H3,(H,51,57)/t31?,32-,33-,34+,36-,37+,38+,39-,40+,41-,48+,49-,50+/m0/s1. The maximum Gasteiger partial charge on any atom is 0.408 e. The number of ether oxygens (including phenoxy) is 8. The molecule has 2 aromatic rings. The molecular formula is C50H69NO16Si. The van der Waals surface area contributed by atoms with Gasteiger partial charge in [0.1, 0.15) is 41.7 Å². The highest BCUT2D eigenvalue weighted by Crippen LogP contribution is 2.67. The van der Waals surface area contributed by atoms with Crippen LogP contribution in [0, 0.1) is 16.7 Å². The first-order valence-electron chi connectivity index (χ1n) is 23.5. The molecule has 2 aliphatic heterocycles. The number of carbonyl (C=O) groups is 4. The molecule has 4 fully saturated rings. The Morgan fingerprint density at radius 2 is 1.60 bits per heavy atom. The van der Waals surface area contributed by atoms with E-state index in [0.717, 1.165) is 0 Å². The van der Waals surface area contributed by atoms with Crippen molar-refractivity contribution in [2.24, 2.45) is 16.7 Å². The Kier molecular flexibility index (Phi) is 14.5. The van der Waals surface area contributed by atoms with Gasteiger partial charge in [0.2, 0.25) is 0 Å². The van der Waals surface area contributed by atoms with Gasteiger partial charge in [-0.2, -0.15) is 0 Å². The van der Waals surface area contributed by atoms with Crippen LogP contribution < -0.4 is 5.32 Å². The predicted molar refractivity (Wildman–Crippen MR) is 247 cm³/mol. The van der Waals surface area contributed by atoms with Crippen molar-refractivity contribution in [2.75, 3.05) is 19.8 Å². The summed E-state index contributed by atoms with van der Waals surface area (Å²) < 4.78 is 58.3. The molecule has 0 aromatic heterocycles. The molecule has 1 unspecified atom stereocenters. The van der Waals surface area contributed by atoms with Gasteiger partial charge in [0.05, 0.1) is 49.6 Å². The van der Waals surface area contributed by atoms with Crippen LogP contribution in [0.25, 0.3) is 0 Å². The molecule has 1 amide bonds. The van der Waals surface area contributed by atoms with Gasteiger partial charge in [-0.05, 0) is 70.4 Å². The summed E-state index contributed by atoms with van der Waals surface area (Å²) in [5.74, 6) is -4.76. The summed E-state index contributed by atoms with van der Waals surface area (Å²) in [6, 6.07) is 16.1. The molecule has 17 nitrogen and oxygen atoms in total. The molecule has 2 heterocycles. The average Bonchev–Trinajstić information content (AvgIpc) is 3.58. The third kappa shape index (κ3) is 9.40. The number of fused-ring (bicyclic) bond motifs is 8. The second-order valence-corrected chi connectivity index (χ2v) is 21.9. The maximum absolute atomic E-state index is 15.0. The largest absolute Gasteiger partial charge is 0.456 e. The van der Waals surface area contributed by atoms with Crippen LogP contribution >= 0.6 is 0 Å². The van der Waals surface area contributed by atoms with Crippen molar-refractivity contribution in [1.82, 2.24) is 5.32 Å². The molecule has 18 heteroatoms. The van der Waals surface area contributed by atoms with Crippen molar-refractivity contribution in [1.29, 1.82) is 0 Å². The van der Waals surface area contributed by atoms with Gasteiger partial charge in [-0.3, -0.25) is 4.79 Å². The Bertz CT molecular complexity index is 2220. The van der Waals surface area contributed by atoms with Crippen molar-refractivity contribution in [3.63, 3.8) is 0 Å². The zero-order valence-electron chi connectivity index (χ0n) is 40.9. The molecule has 3 aliphatic carbocycles. The van der Waals surface area contributed by atoms with Gasteiger partial charge >= 0.3 is 24.0 Å². The van der Waals surface area contributed by atoms with Gasteiger partial charge in [-0.15, -0.1) is 0 Å². The summed E-state index contributed by atoms with van der Waals surface area (Å²) in [5, 5.41) is 37.6. The monoisotopic (exact) mass is 967 g/mol. The maximum atomic E-state index is 15.0. The predicted octanol–water partition coefficient (Wildman–Crippen LogP) is 4.38. The minimum absolute atomic E-state index is 0.118. The van der Waals surface area contributed by atoms with E-state index in [1.165, 1.54) is 6.92 Å². The van der Waals surface area contributed by atoms with E-state index >= 15 is 4.79 Å². The molecule has 13 atom stereocenters. The van der Waals surface area contributed by atoms with E-state index < -0.39 is 135 Å². The summed E-state index contributed by atoms with van der Waals surface area (Å²) in [6.07, 6.45) is -10.2. The van der Waals surface area contributed by atoms with E-state index in [1.54, 1.807) is 102 Å². The second kappa shape index (κ2) is 19.2. The lowest BCUT2D eigenvalue weighted by Gasteiger charge is -2.69. The SMILES string of the molecule is C[SiH2]O[C@@H](C(=O)O[C@H]1C[C@@]2(O)[C@@H](OC(=O)c3ccccc3)[C@@H]3[C@]4(OC(C)=O)CO[C@@H]4C[C@H](OCC(O)CO)[C@@]3(C)[C@@H]3OC(C)(C)O[C@@H]3C(=C1C)C2(C)C)[C@@H](NC(=O)OC(C)(C)C)c1ccccc1. The van der Waals surface area contributed by atoms with Crippen LogP contribution in [0.5, 0.6) is 0 Å². The number of esters is 3. The fourth-order valence-corrected chi connectivity index (χ4v) is 12.2. The lowest BCUT2D eigenvalue weighted by atomic mass is 9.44. The average molecular weight is 968 g/mol. The number of aliphatic hydroxyl groups is 3. The summed E-state index contributed by atoms with van der Waals surface area (Å²) in [5.41, 5.74) is -5.58. The van der Waals surface area contributed by atoms with Crippen LogP contribution in [0.4, 0.5) is 4.79 Å². The Labute approximate surface area is 400 Å². The van der Waals surface area contributed by atoms with E-state index in [0.29, 0.717) is 16.7 Å². The summed E-state index contributed by atoms with van der Waals surface area (Å²) in [4.78, 5) is 56.5. The van der Waals surface area contributed by atoms with Crippen molar-refractivity contribution < 1.29 is 76.8 Å². The van der Waals surface area contributed by atoms with Crippen molar-refractivity contribution in [3.8, 4) is 0 Å². The van der Waals surface area contributed by atoms with Gasteiger partial charge in [-0.25, -0.2) is 14.4 Å². The second-order valence-electron chi connectivity index (χ2n) is 20.9. The molecule has 374 valence electrons. The zero-order valence-corrected chi connectivity index (χ0v) is 42.4. The number of nitrogens with one attached hydrogen (secondary N) is 1. The van der Waals surface area contributed by atoms with Crippen LogP contribution in [-0.2, 0) is 51.9 Å². The Morgan fingerprint density at radius 1 is 0.956 bits per heavy atom. The number of amides is 1. The normalized spacial score (nSPS) is 33.8. The number of rotatable bonds is 14. The molecule has 0 radical (unpaired) electrons. The highest BCUT2D eigenvalue weighted by atomic mass is 28.2. The third-order valence-corrected chi connectivity index (χ3v) is 15.2. The molecule has 5 aliphatic rings. The third-order valence-electron chi connectivity index (χ3n) is 14.5. The first-order valence-corrected chi connectivity index (χ1v) is 25.5. The van der Waals surface area contributed by atoms with Crippen LogP contribution in [0.3, 0.4) is 0 Å². The fraction of sp³-hybridized carbons (Fsp3) is 0.640. The minimum atomic E-state index is -2.17. The van der Waals surface area contributed by atoms with E-state index in [-0.39, 0.29) is 31.6 Å². The van der Waals surface area contributed by atoms with Gasteiger partial charge in [0.15, 0.2) is 27.3 Å². The molecule has 2 aromatic carbocycles. The van der Waals surface area contributed by atoms with Gasteiger partial charge in [0, 0.05) is 30.6 Å². The van der Waals surface area contributed by atoms with Gasteiger partial charge in [0.25, 0.3) is 0 Å². The molecule has 2 bridgehead atoms. The molecule has 2 saturated heterocycles. The minimum Gasteiger partial charge on any atom is -0.456 e. The highest BCUT2D eigenvalue weighted by molar-refractivity contribution is 6.25. The van der Waals surface area contributed by atoms with E-state index in [1.807, 2.05) is 27.3 Å². The van der Waals surface area contributed by atoms with E-state index in [2.05, 4.69) is 5.32 Å². The van der Waals surface area contributed by atoms with Crippen LogP contribution in [0.15, 0.2) is 71.8 Å². The van der Waals surface area contributed by atoms with Gasteiger partial charge < -0.3 is 63.0 Å². The molecule has 4 N–H and O–H groups in total. The zero-order chi connectivity index (χ0) is 49.8. The molecule has 68 heavy (non-hydrogen) atoms. The lowest BCUT2D eigenvalue weighted by molar-refractivity contribution is -0.366. The number of hydrogen-bond acceptors (Lipinski definition) is 16. The van der Waals surface area contributed by atoms with Crippen molar-refractivity contribution >= 4 is 33.8 Å². The van der Waals surface area contributed by atoms with E-state index in [4.69, 9.17) is 42.3 Å². The number of carbonyl (C=O) groups excluding carboxylic acids is 4. The Balaban J connectivity index is 1.44. The Hall–Kier alpha value is -4.24. The number of benzene rings is 2. The number of hydrogen-bond donors (Lipinski definition) is 4. The quantitative estimate of drug-likeness (QED) is 0.0892. The molecule has 0 spiro atoms. The summed E-state index contributed by atoms with van der Waals surface area (Å²) in [6.45, 7) is 18.0. The number of aliphatic hydroxyl groups excluding tert-OH is 2. The highest BCUT2D eigenvalue weighted by Gasteiger charge is 2.79.